The minimum atomic E-state index is 0.131. The van der Waals surface area contributed by atoms with E-state index in [-0.39, 0.29) is 5.91 Å². The number of para-hydroxylation sites is 1. The summed E-state index contributed by atoms with van der Waals surface area (Å²) in [5.41, 5.74) is 2.42. The SMILES string of the molecule is CC(=O)N(C[C@@H]1CCCN(CC(C)c2ccccc2)C1)c1ccccc1. The van der Waals surface area contributed by atoms with Crippen molar-refractivity contribution in [3.05, 3.63) is 66.2 Å². The smallest absolute Gasteiger partial charge is 0.223 e. The van der Waals surface area contributed by atoms with Crippen LogP contribution in [-0.4, -0.2) is 37.0 Å². The number of anilines is 1. The van der Waals surface area contributed by atoms with E-state index in [1.165, 1.54) is 24.9 Å². The van der Waals surface area contributed by atoms with Crippen LogP contribution in [0, 0.1) is 5.92 Å². The number of rotatable bonds is 6. The molecule has 26 heavy (non-hydrogen) atoms. The number of likely N-dealkylation sites (tertiary alicyclic amines) is 1. The molecule has 2 aromatic carbocycles. The first-order valence-corrected chi connectivity index (χ1v) is 9.74. The fourth-order valence-electron chi connectivity index (χ4n) is 4.02. The van der Waals surface area contributed by atoms with E-state index in [1.807, 2.05) is 35.2 Å². The van der Waals surface area contributed by atoms with E-state index >= 15 is 0 Å². The van der Waals surface area contributed by atoms with Crippen LogP contribution in [0.1, 0.15) is 38.2 Å². The number of hydrogen-bond donors (Lipinski definition) is 0. The van der Waals surface area contributed by atoms with Gasteiger partial charge in [-0.2, -0.15) is 0 Å². The van der Waals surface area contributed by atoms with Crippen molar-refractivity contribution in [2.45, 2.75) is 32.6 Å². The number of amides is 1. The summed E-state index contributed by atoms with van der Waals surface area (Å²) >= 11 is 0. The van der Waals surface area contributed by atoms with Gasteiger partial charge in [0.15, 0.2) is 0 Å². The van der Waals surface area contributed by atoms with Crippen molar-refractivity contribution in [1.29, 1.82) is 0 Å². The van der Waals surface area contributed by atoms with Crippen molar-refractivity contribution in [2.75, 3.05) is 31.1 Å². The normalized spacial score (nSPS) is 19.1. The fraction of sp³-hybridized carbons (Fsp3) is 0.435. The standard InChI is InChI=1S/C23H30N2O/c1-19(22-11-5-3-6-12-22)16-24-15-9-10-21(17-24)18-25(20(2)26)23-13-7-4-8-14-23/h3-8,11-14,19,21H,9-10,15-18H2,1-2H3/t19?,21-/m1/s1. The van der Waals surface area contributed by atoms with Crippen LogP contribution >= 0.6 is 0 Å². The molecule has 1 amide bonds. The molecule has 3 rings (SSSR count). The van der Waals surface area contributed by atoms with Gasteiger partial charge in [0.25, 0.3) is 0 Å². The fourth-order valence-corrected chi connectivity index (χ4v) is 4.02. The third-order valence-corrected chi connectivity index (χ3v) is 5.39. The van der Waals surface area contributed by atoms with E-state index in [0.29, 0.717) is 11.8 Å². The quantitative estimate of drug-likeness (QED) is 0.763. The van der Waals surface area contributed by atoms with Gasteiger partial charge in [-0.3, -0.25) is 4.79 Å². The summed E-state index contributed by atoms with van der Waals surface area (Å²) in [4.78, 5) is 16.7. The molecule has 1 saturated heterocycles. The summed E-state index contributed by atoms with van der Waals surface area (Å²) < 4.78 is 0. The lowest BCUT2D eigenvalue weighted by Crippen LogP contribution is -2.43. The highest BCUT2D eigenvalue weighted by molar-refractivity contribution is 5.91. The van der Waals surface area contributed by atoms with Crippen molar-refractivity contribution in [1.82, 2.24) is 4.90 Å². The lowest BCUT2D eigenvalue weighted by atomic mass is 9.94. The first-order chi connectivity index (χ1) is 12.6. The van der Waals surface area contributed by atoms with Gasteiger partial charge in [-0.15, -0.1) is 0 Å². The zero-order chi connectivity index (χ0) is 18.4. The van der Waals surface area contributed by atoms with Crippen molar-refractivity contribution in [3.8, 4) is 0 Å². The molecule has 1 unspecified atom stereocenters. The third kappa shape index (κ3) is 4.95. The van der Waals surface area contributed by atoms with Gasteiger partial charge in [-0.1, -0.05) is 55.5 Å². The maximum atomic E-state index is 12.2. The van der Waals surface area contributed by atoms with Gasteiger partial charge in [0.2, 0.25) is 5.91 Å². The molecule has 0 saturated carbocycles. The van der Waals surface area contributed by atoms with Crippen LogP contribution < -0.4 is 4.90 Å². The molecule has 2 atom stereocenters. The first kappa shape index (κ1) is 18.7. The van der Waals surface area contributed by atoms with Gasteiger partial charge in [-0.05, 0) is 48.9 Å². The Balaban J connectivity index is 1.60. The monoisotopic (exact) mass is 350 g/mol. The summed E-state index contributed by atoms with van der Waals surface area (Å²) in [5.74, 6) is 1.20. The van der Waals surface area contributed by atoms with E-state index in [4.69, 9.17) is 0 Å². The summed E-state index contributed by atoms with van der Waals surface area (Å²) in [6.45, 7) is 8.13. The van der Waals surface area contributed by atoms with Crippen molar-refractivity contribution >= 4 is 11.6 Å². The molecule has 3 nitrogen and oxygen atoms in total. The Hall–Kier alpha value is -2.13. The number of nitrogens with zero attached hydrogens (tertiary/aromatic N) is 2. The van der Waals surface area contributed by atoms with Crippen molar-refractivity contribution < 1.29 is 4.79 Å². The third-order valence-electron chi connectivity index (χ3n) is 5.39. The Morgan fingerprint density at radius 3 is 2.42 bits per heavy atom. The average molecular weight is 351 g/mol. The molecular weight excluding hydrogens is 320 g/mol. The molecule has 138 valence electrons. The van der Waals surface area contributed by atoms with Crippen LogP contribution in [0.15, 0.2) is 60.7 Å². The molecule has 0 aliphatic carbocycles. The number of piperidine rings is 1. The van der Waals surface area contributed by atoms with Crippen LogP contribution in [0.3, 0.4) is 0 Å². The van der Waals surface area contributed by atoms with Crippen LogP contribution in [0.5, 0.6) is 0 Å². The highest BCUT2D eigenvalue weighted by atomic mass is 16.2. The predicted molar refractivity (Wildman–Crippen MR) is 108 cm³/mol. The molecule has 1 heterocycles. The van der Waals surface area contributed by atoms with Crippen LogP contribution in [-0.2, 0) is 4.79 Å². The summed E-state index contributed by atoms with van der Waals surface area (Å²) in [6.07, 6.45) is 2.42. The van der Waals surface area contributed by atoms with Gasteiger partial charge in [-0.25, -0.2) is 0 Å². The van der Waals surface area contributed by atoms with Gasteiger partial charge in [0.1, 0.15) is 0 Å². The topological polar surface area (TPSA) is 23.6 Å². The minimum absolute atomic E-state index is 0.131. The number of benzene rings is 2. The second-order valence-electron chi connectivity index (χ2n) is 7.54. The summed E-state index contributed by atoms with van der Waals surface area (Å²) in [5, 5.41) is 0. The van der Waals surface area contributed by atoms with Crippen LogP contribution in [0.2, 0.25) is 0 Å². The zero-order valence-corrected chi connectivity index (χ0v) is 16.0. The molecule has 0 bridgehead atoms. The Morgan fingerprint density at radius 1 is 1.12 bits per heavy atom. The second kappa shape index (κ2) is 9.00. The maximum absolute atomic E-state index is 12.2. The lowest BCUT2D eigenvalue weighted by Gasteiger charge is -2.36. The van der Waals surface area contributed by atoms with E-state index in [9.17, 15) is 4.79 Å². The average Bonchev–Trinajstić information content (AvgIpc) is 2.67. The Labute approximate surface area is 157 Å². The summed E-state index contributed by atoms with van der Waals surface area (Å²) in [6, 6.07) is 20.8. The molecule has 0 radical (unpaired) electrons. The van der Waals surface area contributed by atoms with Gasteiger partial charge < -0.3 is 9.80 Å². The van der Waals surface area contributed by atoms with Crippen LogP contribution in [0.4, 0.5) is 5.69 Å². The molecule has 2 aromatic rings. The molecule has 0 spiro atoms. The molecule has 3 heteroatoms. The molecule has 0 aromatic heterocycles. The molecule has 1 fully saturated rings. The molecule has 1 aliphatic rings. The largest absolute Gasteiger partial charge is 0.312 e. The lowest BCUT2D eigenvalue weighted by molar-refractivity contribution is -0.116. The highest BCUT2D eigenvalue weighted by Crippen LogP contribution is 2.24. The van der Waals surface area contributed by atoms with Crippen molar-refractivity contribution in [3.63, 3.8) is 0 Å². The Morgan fingerprint density at radius 2 is 1.77 bits per heavy atom. The number of carbonyl (C=O) groups is 1. The maximum Gasteiger partial charge on any atom is 0.223 e. The van der Waals surface area contributed by atoms with Gasteiger partial charge in [0.05, 0.1) is 0 Å². The highest BCUT2D eigenvalue weighted by Gasteiger charge is 2.25. The van der Waals surface area contributed by atoms with E-state index in [1.54, 1.807) is 6.92 Å². The molecule has 0 N–H and O–H groups in total. The minimum Gasteiger partial charge on any atom is -0.312 e. The molecular formula is C23H30N2O. The number of carbonyl (C=O) groups excluding carboxylic acids is 1. The molecule has 1 aliphatic heterocycles. The van der Waals surface area contributed by atoms with Crippen LogP contribution in [0.25, 0.3) is 0 Å². The second-order valence-corrected chi connectivity index (χ2v) is 7.54. The Bertz CT molecular complexity index is 686. The number of hydrogen-bond acceptors (Lipinski definition) is 2. The van der Waals surface area contributed by atoms with Gasteiger partial charge >= 0.3 is 0 Å². The van der Waals surface area contributed by atoms with Gasteiger partial charge in [0, 0.05) is 32.2 Å². The van der Waals surface area contributed by atoms with E-state index < -0.39 is 0 Å². The zero-order valence-electron chi connectivity index (χ0n) is 16.0. The van der Waals surface area contributed by atoms with Crippen molar-refractivity contribution in [2.24, 2.45) is 5.92 Å². The van der Waals surface area contributed by atoms with E-state index in [2.05, 4.69) is 42.2 Å². The first-order valence-electron chi connectivity index (χ1n) is 9.74. The van der Waals surface area contributed by atoms with E-state index in [0.717, 1.165) is 25.3 Å². The summed E-state index contributed by atoms with van der Waals surface area (Å²) in [7, 11) is 0. The Kier molecular flexibility index (Phi) is 6.45. The predicted octanol–water partition coefficient (Wildman–Crippen LogP) is 4.56.